The molecule has 0 bridgehead atoms. The largest absolute Gasteiger partial charge is 0.497 e. The van der Waals surface area contributed by atoms with Gasteiger partial charge in [-0.15, -0.1) is 0 Å². The highest BCUT2D eigenvalue weighted by Crippen LogP contribution is 2.24. The van der Waals surface area contributed by atoms with E-state index in [4.69, 9.17) is 9.47 Å². The van der Waals surface area contributed by atoms with E-state index in [1.54, 1.807) is 21.3 Å². The highest BCUT2D eigenvalue weighted by atomic mass is 16.5. The minimum atomic E-state index is 0.640. The van der Waals surface area contributed by atoms with E-state index in [1.807, 2.05) is 25.2 Å². The van der Waals surface area contributed by atoms with E-state index in [-0.39, 0.29) is 0 Å². The van der Waals surface area contributed by atoms with E-state index in [0.29, 0.717) is 6.54 Å². The number of methoxy groups -OCH3 is 2. The molecule has 17 heavy (non-hydrogen) atoms. The standard InChI is InChI=1S/C12H19N3O2/c1-13-12(14-2)15-8-9-5-6-10(16-3)7-11(9)17-4/h5-7H,8H2,1-4H3,(H2,13,14,15). The summed E-state index contributed by atoms with van der Waals surface area (Å²) in [6.07, 6.45) is 0. The third-order valence-corrected chi connectivity index (χ3v) is 2.40. The van der Waals surface area contributed by atoms with Crippen molar-refractivity contribution in [1.29, 1.82) is 0 Å². The average Bonchev–Trinajstić information content (AvgIpc) is 2.39. The second kappa shape index (κ2) is 6.62. The summed E-state index contributed by atoms with van der Waals surface area (Å²) in [6, 6.07) is 5.73. The Labute approximate surface area is 102 Å². The zero-order valence-corrected chi connectivity index (χ0v) is 10.7. The van der Waals surface area contributed by atoms with Gasteiger partial charge in [0.25, 0.3) is 0 Å². The first kappa shape index (κ1) is 13.2. The van der Waals surface area contributed by atoms with Gasteiger partial charge in [-0.05, 0) is 12.1 Å². The number of benzene rings is 1. The first-order valence-corrected chi connectivity index (χ1v) is 5.34. The SMILES string of the molecule is CN=C(NC)NCc1ccc(OC)cc1OC. The van der Waals surface area contributed by atoms with Gasteiger partial charge in [-0.25, -0.2) is 0 Å². The van der Waals surface area contributed by atoms with Crippen LogP contribution in [0.5, 0.6) is 11.5 Å². The molecule has 0 aliphatic carbocycles. The van der Waals surface area contributed by atoms with Gasteiger partial charge in [0.05, 0.1) is 14.2 Å². The van der Waals surface area contributed by atoms with Crippen LogP contribution in [0.2, 0.25) is 0 Å². The van der Waals surface area contributed by atoms with Gasteiger partial charge in [-0.3, -0.25) is 4.99 Å². The highest BCUT2D eigenvalue weighted by Gasteiger charge is 2.05. The van der Waals surface area contributed by atoms with Gasteiger partial charge >= 0.3 is 0 Å². The number of nitrogens with one attached hydrogen (secondary N) is 2. The van der Waals surface area contributed by atoms with Crippen LogP contribution in [0.1, 0.15) is 5.56 Å². The zero-order valence-electron chi connectivity index (χ0n) is 10.7. The minimum absolute atomic E-state index is 0.640. The van der Waals surface area contributed by atoms with E-state index >= 15 is 0 Å². The Morgan fingerprint density at radius 3 is 2.59 bits per heavy atom. The molecule has 0 unspecified atom stereocenters. The van der Waals surface area contributed by atoms with Crippen LogP contribution in [0.25, 0.3) is 0 Å². The molecule has 1 aromatic rings. The van der Waals surface area contributed by atoms with Crippen molar-refractivity contribution in [3.63, 3.8) is 0 Å². The highest BCUT2D eigenvalue weighted by molar-refractivity contribution is 5.79. The second-order valence-electron chi connectivity index (χ2n) is 3.35. The molecule has 0 fully saturated rings. The lowest BCUT2D eigenvalue weighted by Crippen LogP contribution is -2.34. The number of aliphatic imine (C=N–C) groups is 1. The van der Waals surface area contributed by atoms with Gasteiger partial charge in [0, 0.05) is 32.3 Å². The maximum atomic E-state index is 5.31. The van der Waals surface area contributed by atoms with Crippen molar-refractivity contribution in [2.45, 2.75) is 6.54 Å². The molecular formula is C12H19N3O2. The van der Waals surface area contributed by atoms with Crippen molar-refractivity contribution < 1.29 is 9.47 Å². The summed E-state index contributed by atoms with van der Waals surface area (Å²) in [4.78, 5) is 4.04. The number of rotatable bonds is 4. The normalized spacial score (nSPS) is 10.9. The quantitative estimate of drug-likeness (QED) is 0.606. The molecule has 0 aliphatic rings. The predicted octanol–water partition coefficient (Wildman–Crippen LogP) is 0.999. The Morgan fingerprint density at radius 1 is 1.29 bits per heavy atom. The van der Waals surface area contributed by atoms with Crippen molar-refractivity contribution in [3.8, 4) is 11.5 Å². The molecule has 0 aromatic heterocycles. The Morgan fingerprint density at radius 2 is 2.06 bits per heavy atom. The summed E-state index contributed by atoms with van der Waals surface area (Å²) in [5.41, 5.74) is 1.05. The average molecular weight is 237 g/mol. The number of guanidine groups is 1. The molecule has 94 valence electrons. The molecule has 1 aromatic carbocycles. The molecule has 1 rings (SSSR count). The minimum Gasteiger partial charge on any atom is -0.497 e. The third kappa shape index (κ3) is 3.55. The van der Waals surface area contributed by atoms with Crippen LogP contribution in [-0.2, 0) is 6.54 Å². The smallest absolute Gasteiger partial charge is 0.190 e. The van der Waals surface area contributed by atoms with Crippen LogP contribution in [0, 0.1) is 0 Å². The summed E-state index contributed by atoms with van der Waals surface area (Å²) in [6.45, 7) is 0.640. The summed E-state index contributed by atoms with van der Waals surface area (Å²) < 4.78 is 10.5. The Hall–Kier alpha value is -1.91. The summed E-state index contributed by atoms with van der Waals surface area (Å²) in [5, 5.41) is 6.12. The first-order chi connectivity index (χ1) is 8.24. The molecule has 0 atom stereocenters. The number of hydrogen-bond donors (Lipinski definition) is 2. The fourth-order valence-electron chi connectivity index (χ4n) is 1.46. The molecule has 0 radical (unpaired) electrons. The number of ether oxygens (including phenoxy) is 2. The van der Waals surface area contributed by atoms with Crippen molar-refractivity contribution in [3.05, 3.63) is 23.8 Å². The van der Waals surface area contributed by atoms with Crippen LogP contribution in [0.3, 0.4) is 0 Å². The van der Waals surface area contributed by atoms with E-state index in [1.165, 1.54) is 0 Å². The van der Waals surface area contributed by atoms with Crippen LogP contribution < -0.4 is 20.1 Å². The zero-order chi connectivity index (χ0) is 12.7. The maximum absolute atomic E-state index is 5.31. The molecule has 0 amide bonds. The van der Waals surface area contributed by atoms with Crippen LogP contribution >= 0.6 is 0 Å². The molecule has 0 aliphatic heterocycles. The van der Waals surface area contributed by atoms with Crippen molar-refractivity contribution >= 4 is 5.96 Å². The first-order valence-electron chi connectivity index (χ1n) is 5.34. The molecule has 0 spiro atoms. The lowest BCUT2D eigenvalue weighted by molar-refractivity contribution is 0.390. The van der Waals surface area contributed by atoms with Crippen LogP contribution in [0.15, 0.2) is 23.2 Å². The maximum Gasteiger partial charge on any atom is 0.190 e. The number of hydrogen-bond acceptors (Lipinski definition) is 3. The monoisotopic (exact) mass is 237 g/mol. The van der Waals surface area contributed by atoms with Gasteiger partial charge in [0.2, 0.25) is 0 Å². The molecular weight excluding hydrogens is 218 g/mol. The molecule has 5 nitrogen and oxygen atoms in total. The van der Waals surface area contributed by atoms with Gasteiger partial charge in [0.1, 0.15) is 11.5 Å². The second-order valence-corrected chi connectivity index (χ2v) is 3.35. The van der Waals surface area contributed by atoms with Crippen LogP contribution in [0.4, 0.5) is 0 Å². The molecule has 0 heterocycles. The summed E-state index contributed by atoms with van der Waals surface area (Å²) in [7, 11) is 6.82. The van der Waals surface area contributed by atoms with Crippen molar-refractivity contribution in [2.24, 2.45) is 4.99 Å². The van der Waals surface area contributed by atoms with Gasteiger partial charge in [-0.1, -0.05) is 0 Å². The fraction of sp³-hybridized carbons (Fsp3) is 0.417. The third-order valence-electron chi connectivity index (χ3n) is 2.40. The molecule has 0 saturated heterocycles. The van der Waals surface area contributed by atoms with Crippen LogP contribution in [-0.4, -0.2) is 34.3 Å². The topological polar surface area (TPSA) is 54.9 Å². The van der Waals surface area contributed by atoms with Gasteiger partial charge in [0.15, 0.2) is 5.96 Å². The summed E-state index contributed by atoms with van der Waals surface area (Å²) in [5.74, 6) is 2.31. The molecule has 2 N–H and O–H groups in total. The molecule has 5 heteroatoms. The Kier molecular flexibility index (Phi) is 5.13. The van der Waals surface area contributed by atoms with E-state index in [0.717, 1.165) is 23.0 Å². The van der Waals surface area contributed by atoms with E-state index < -0.39 is 0 Å². The van der Waals surface area contributed by atoms with Crippen molar-refractivity contribution in [2.75, 3.05) is 28.3 Å². The lowest BCUT2D eigenvalue weighted by Gasteiger charge is -2.12. The van der Waals surface area contributed by atoms with E-state index in [2.05, 4.69) is 15.6 Å². The number of nitrogens with zero attached hydrogens (tertiary/aromatic N) is 1. The Bertz CT molecular complexity index is 391. The Balaban J connectivity index is 2.77. The molecule has 0 saturated carbocycles. The fourth-order valence-corrected chi connectivity index (χ4v) is 1.46. The lowest BCUT2D eigenvalue weighted by atomic mass is 10.2. The van der Waals surface area contributed by atoms with E-state index in [9.17, 15) is 0 Å². The van der Waals surface area contributed by atoms with Gasteiger partial charge in [-0.2, -0.15) is 0 Å². The summed E-state index contributed by atoms with van der Waals surface area (Å²) >= 11 is 0. The van der Waals surface area contributed by atoms with Gasteiger partial charge < -0.3 is 20.1 Å². The van der Waals surface area contributed by atoms with Crippen molar-refractivity contribution in [1.82, 2.24) is 10.6 Å². The predicted molar refractivity (Wildman–Crippen MR) is 68.8 cm³/mol.